The molecule has 0 aliphatic carbocycles. The highest BCUT2D eigenvalue weighted by Gasteiger charge is 2.10. The van der Waals surface area contributed by atoms with Crippen molar-refractivity contribution in [2.75, 3.05) is 10.6 Å². The summed E-state index contributed by atoms with van der Waals surface area (Å²) < 4.78 is 28.7. The van der Waals surface area contributed by atoms with Gasteiger partial charge in [0.25, 0.3) is 5.91 Å². The third kappa shape index (κ3) is 6.64. The summed E-state index contributed by atoms with van der Waals surface area (Å²) in [6.07, 6.45) is 0.666. The smallest absolute Gasteiger partial charge is 0.387 e. The topological polar surface area (TPSA) is 67.4 Å². The number of carbonyl (C=O) groups excluding carboxylic acids is 2. The molecule has 31 heavy (non-hydrogen) atoms. The molecule has 3 aromatic carbocycles. The number of alkyl halides is 2. The second-order valence-electron chi connectivity index (χ2n) is 6.92. The van der Waals surface area contributed by atoms with Gasteiger partial charge in [-0.25, -0.2) is 0 Å². The zero-order valence-electron chi connectivity index (χ0n) is 16.9. The fourth-order valence-corrected chi connectivity index (χ4v) is 2.94. The van der Waals surface area contributed by atoms with Crippen molar-refractivity contribution < 1.29 is 23.1 Å². The van der Waals surface area contributed by atoms with Gasteiger partial charge >= 0.3 is 6.61 Å². The molecule has 0 radical (unpaired) electrons. The number of hydrogen-bond acceptors (Lipinski definition) is 3. The Morgan fingerprint density at radius 1 is 0.935 bits per heavy atom. The van der Waals surface area contributed by atoms with Crippen LogP contribution in [0.5, 0.6) is 5.75 Å². The predicted octanol–water partition coefficient (Wildman–Crippen LogP) is 5.42. The number of halogens is 2. The maximum absolute atomic E-state index is 12.4. The Morgan fingerprint density at radius 2 is 1.65 bits per heavy atom. The molecule has 0 spiro atoms. The number of hydrogen-bond donors (Lipinski definition) is 2. The van der Waals surface area contributed by atoms with Crippen LogP contribution in [0.2, 0.25) is 0 Å². The van der Waals surface area contributed by atoms with E-state index in [1.54, 1.807) is 48.5 Å². The molecule has 0 saturated heterocycles. The van der Waals surface area contributed by atoms with Crippen LogP contribution >= 0.6 is 0 Å². The van der Waals surface area contributed by atoms with Crippen LogP contribution in [0, 0.1) is 6.92 Å². The van der Waals surface area contributed by atoms with Gasteiger partial charge in [0.2, 0.25) is 5.91 Å². The first-order chi connectivity index (χ1) is 14.9. The molecule has 0 saturated carbocycles. The van der Waals surface area contributed by atoms with Gasteiger partial charge in [-0.1, -0.05) is 36.4 Å². The third-order valence-corrected chi connectivity index (χ3v) is 4.59. The summed E-state index contributed by atoms with van der Waals surface area (Å²) in [5, 5.41) is 5.68. The molecule has 160 valence electrons. The quantitative estimate of drug-likeness (QED) is 0.507. The Morgan fingerprint density at radius 3 is 2.32 bits per heavy atom. The van der Waals surface area contributed by atoms with E-state index in [1.165, 1.54) is 12.1 Å². The minimum atomic E-state index is -2.87. The lowest BCUT2D eigenvalue weighted by atomic mass is 10.1. The highest BCUT2D eigenvalue weighted by atomic mass is 19.3. The van der Waals surface area contributed by atoms with Crippen molar-refractivity contribution in [2.45, 2.75) is 26.4 Å². The predicted molar refractivity (Wildman–Crippen MR) is 116 cm³/mol. The van der Waals surface area contributed by atoms with E-state index in [0.717, 1.165) is 11.1 Å². The number of carbonyl (C=O) groups is 2. The largest absolute Gasteiger partial charge is 0.435 e. The van der Waals surface area contributed by atoms with Crippen LogP contribution in [-0.4, -0.2) is 18.4 Å². The van der Waals surface area contributed by atoms with E-state index in [9.17, 15) is 18.4 Å². The average Bonchev–Trinajstić information content (AvgIpc) is 2.76. The summed E-state index contributed by atoms with van der Waals surface area (Å²) in [6, 6.07) is 20.3. The van der Waals surface area contributed by atoms with Crippen molar-refractivity contribution in [1.29, 1.82) is 0 Å². The van der Waals surface area contributed by atoms with Gasteiger partial charge in [0.15, 0.2) is 0 Å². The molecule has 3 aromatic rings. The first kappa shape index (κ1) is 22.0. The second-order valence-corrected chi connectivity index (χ2v) is 6.92. The van der Waals surface area contributed by atoms with Crippen molar-refractivity contribution in [3.8, 4) is 5.75 Å². The summed E-state index contributed by atoms with van der Waals surface area (Å²) in [5.41, 5.74) is 3.41. The molecule has 2 amide bonds. The number of nitrogens with one attached hydrogen (secondary N) is 2. The molecule has 2 N–H and O–H groups in total. The van der Waals surface area contributed by atoms with Gasteiger partial charge in [-0.15, -0.1) is 0 Å². The fraction of sp³-hybridized carbons (Fsp3) is 0.167. The van der Waals surface area contributed by atoms with Crippen LogP contribution in [0.15, 0.2) is 72.8 Å². The third-order valence-electron chi connectivity index (χ3n) is 4.59. The average molecular weight is 424 g/mol. The van der Waals surface area contributed by atoms with E-state index in [1.807, 2.05) is 19.1 Å². The molecule has 0 unspecified atom stereocenters. The number of rotatable bonds is 8. The van der Waals surface area contributed by atoms with Crippen molar-refractivity contribution in [1.82, 2.24) is 0 Å². The van der Waals surface area contributed by atoms with E-state index in [-0.39, 0.29) is 24.0 Å². The van der Waals surface area contributed by atoms with Gasteiger partial charge in [0, 0.05) is 23.4 Å². The fourth-order valence-electron chi connectivity index (χ4n) is 2.94. The summed E-state index contributed by atoms with van der Waals surface area (Å²) in [6.45, 7) is -1.01. The van der Waals surface area contributed by atoms with Gasteiger partial charge in [0.1, 0.15) is 5.75 Å². The zero-order chi connectivity index (χ0) is 22.2. The Labute approximate surface area is 179 Å². The lowest BCUT2D eigenvalue weighted by molar-refractivity contribution is -0.116. The maximum atomic E-state index is 12.4. The van der Waals surface area contributed by atoms with E-state index >= 15 is 0 Å². The number of ether oxygens (including phenoxy) is 1. The van der Waals surface area contributed by atoms with Crippen LogP contribution in [-0.2, 0) is 11.2 Å². The summed E-state index contributed by atoms with van der Waals surface area (Å²) in [5.74, 6) is -0.350. The molecular formula is C24H22F2N2O3. The number of benzene rings is 3. The highest BCUT2D eigenvalue weighted by molar-refractivity contribution is 6.04. The lowest BCUT2D eigenvalue weighted by Crippen LogP contribution is -2.15. The van der Waals surface area contributed by atoms with Gasteiger partial charge in [-0.2, -0.15) is 8.78 Å². The molecule has 0 aliphatic rings. The Balaban J connectivity index is 1.57. The van der Waals surface area contributed by atoms with Crippen molar-refractivity contribution in [2.24, 2.45) is 0 Å². The number of amides is 2. The number of anilines is 2. The van der Waals surface area contributed by atoms with Crippen molar-refractivity contribution in [3.63, 3.8) is 0 Å². The number of aryl methyl sites for hydroxylation is 2. The van der Waals surface area contributed by atoms with Crippen molar-refractivity contribution in [3.05, 3.63) is 89.5 Å². The van der Waals surface area contributed by atoms with E-state index in [4.69, 9.17) is 0 Å². The normalized spacial score (nSPS) is 10.6. The van der Waals surface area contributed by atoms with Crippen LogP contribution in [0.25, 0.3) is 0 Å². The molecule has 0 bridgehead atoms. The maximum Gasteiger partial charge on any atom is 0.387 e. The van der Waals surface area contributed by atoms with E-state index < -0.39 is 6.61 Å². The molecule has 5 nitrogen and oxygen atoms in total. The van der Waals surface area contributed by atoms with Gasteiger partial charge in [-0.05, 0) is 60.9 Å². The zero-order valence-corrected chi connectivity index (χ0v) is 16.9. The van der Waals surface area contributed by atoms with Crippen LogP contribution in [0.1, 0.15) is 27.9 Å². The summed E-state index contributed by atoms with van der Waals surface area (Å²) >= 11 is 0. The van der Waals surface area contributed by atoms with Crippen LogP contribution < -0.4 is 15.4 Å². The van der Waals surface area contributed by atoms with Gasteiger partial charge < -0.3 is 15.4 Å². The van der Waals surface area contributed by atoms with Crippen LogP contribution in [0.4, 0.5) is 20.2 Å². The Bertz CT molecular complexity index is 1040. The highest BCUT2D eigenvalue weighted by Crippen LogP contribution is 2.22. The summed E-state index contributed by atoms with van der Waals surface area (Å²) in [7, 11) is 0. The van der Waals surface area contributed by atoms with Gasteiger partial charge in [-0.3, -0.25) is 9.59 Å². The standard InChI is InChI=1S/C24H22F2N2O3/c1-16-7-11-19(27-23(30)18-5-3-2-4-6-18)15-21(16)28-22(29)14-10-17-8-12-20(13-9-17)31-24(25)26/h2-9,11-13,15,24H,10,14H2,1H3,(H,27,30)(H,28,29). The minimum absolute atomic E-state index is 0.0770. The van der Waals surface area contributed by atoms with E-state index in [0.29, 0.717) is 23.4 Å². The SMILES string of the molecule is Cc1ccc(NC(=O)c2ccccc2)cc1NC(=O)CCc1ccc(OC(F)F)cc1. The Kier molecular flexibility index (Phi) is 7.32. The van der Waals surface area contributed by atoms with Crippen LogP contribution in [0.3, 0.4) is 0 Å². The summed E-state index contributed by atoms with van der Waals surface area (Å²) in [4.78, 5) is 24.7. The molecule has 3 rings (SSSR count). The first-order valence-corrected chi connectivity index (χ1v) is 9.71. The van der Waals surface area contributed by atoms with Gasteiger partial charge in [0.05, 0.1) is 0 Å². The molecule has 0 aromatic heterocycles. The molecule has 7 heteroatoms. The monoisotopic (exact) mass is 424 g/mol. The van der Waals surface area contributed by atoms with E-state index in [2.05, 4.69) is 15.4 Å². The first-order valence-electron chi connectivity index (χ1n) is 9.71. The molecule has 0 aliphatic heterocycles. The Hall–Kier alpha value is -3.74. The molecule has 0 fully saturated rings. The second kappa shape index (κ2) is 10.3. The lowest BCUT2D eigenvalue weighted by Gasteiger charge is -2.12. The van der Waals surface area contributed by atoms with Crippen molar-refractivity contribution >= 4 is 23.2 Å². The minimum Gasteiger partial charge on any atom is -0.435 e. The molecule has 0 heterocycles. The molecule has 0 atom stereocenters. The molecular weight excluding hydrogens is 402 g/mol.